The number of hydrogen-bond acceptors (Lipinski definition) is 4. The smallest absolute Gasteiger partial charge is 0.323 e. The topological polar surface area (TPSA) is 62.6 Å². The average molecular weight is 343 g/mol. The molecule has 7 heteroatoms. The Labute approximate surface area is 148 Å². The van der Waals surface area contributed by atoms with Crippen LogP contribution in [0.2, 0.25) is 0 Å². The molecule has 7 nitrogen and oxygen atoms in total. The molecule has 134 valence electrons. The van der Waals surface area contributed by atoms with Crippen LogP contribution in [0.25, 0.3) is 0 Å². The number of benzene rings is 1. The standard InChI is InChI=1S/C18H25N5O2/c1-21(2)10-11-22-9-8-17(20-22)19-18(24)23-12-13-25-14-16(23)15-6-4-3-5-7-15/h3-9,16H,10-14H2,1-2H3,(H,19,20,24)/t16-/m0/s1. The number of likely N-dealkylation sites (N-methyl/N-ethyl adjacent to an activating group) is 1. The summed E-state index contributed by atoms with van der Waals surface area (Å²) >= 11 is 0. The second kappa shape index (κ2) is 8.13. The summed E-state index contributed by atoms with van der Waals surface area (Å²) in [7, 11) is 4.04. The second-order valence-electron chi connectivity index (χ2n) is 6.39. The van der Waals surface area contributed by atoms with E-state index in [0.29, 0.717) is 25.6 Å². The molecule has 1 saturated heterocycles. The summed E-state index contributed by atoms with van der Waals surface area (Å²) in [5, 5.41) is 7.32. The van der Waals surface area contributed by atoms with Gasteiger partial charge in [-0.15, -0.1) is 0 Å². The number of urea groups is 1. The molecule has 0 unspecified atom stereocenters. The number of carbonyl (C=O) groups is 1. The van der Waals surface area contributed by atoms with E-state index in [2.05, 4.69) is 15.3 Å². The average Bonchev–Trinajstić information content (AvgIpc) is 3.08. The molecule has 1 aliphatic heterocycles. The van der Waals surface area contributed by atoms with E-state index in [1.807, 2.05) is 66.3 Å². The van der Waals surface area contributed by atoms with E-state index in [9.17, 15) is 4.79 Å². The fraction of sp³-hybridized carbons (Fsp3) is 0.444. The largest absolute Gasteiger partial charge is 0.377 e. The fourth-order valence-corrected chi connectivity index (χ4v) is 2.83. The predicted octanol–water partition coefficient (Wildman–Crippen LogP) is 2.05. The van der Waals surface area contributed by atoms with Crippen molar-refractivity contribution < 1.29 is 9.53 Å². The van der Waals surface area contributed by atoms with Gasteiger partial charge in [-0.05, 0) is 19.7 Å². The van der Waals surface area contributed by atoms with Gasteiger partial charge in [0.1, 0.15) is 0 Å². The third-order valence-corrected chi connectivity index (χ3v) is 4.23. The normalized spacial score (nSPS) is 17.7. The summed E-state index contributed by atoms with van der Waals surface area (Å²) in [5.74, 6) is 0.571. The van der Waals surface area contributed by atoms with Gasteiger partial charge in [-0.2, -0.15) is 5.10 Å². The third kappa shape index (κ3) is 4.58. The number of anilines is 1. The van der Waals surface area contributed by atoms with E-state index in [1.54, 1.807) is 0 Å². The number of morpholine rings is 1. The number of rotatable bonds is 5. The van der Waals surface area contributed by atoms with Crippen molar-refractivity contribution in [3.05, 3.63) is 48.2 Å². The summed E-state index contributed by atoms with van der Waals surface area (Å²) in [6, 6.07) is 11.6. The zero-order valence-electron chi connectivity index (χ0n) is 14.8. The van der Waals surface area contributed by atoms with Crippen molar-refractivity contribution in [2.45, 2.75) is 12.6 Å². The molecule has 0 bridgehead atoms. The SMILES string of the molecule is CN(C)CCn1ccc(NC(=O)N2CCOC[C@H]2c2ccccc2)n1. The van der Waals surface area contributed by atoms with Gasteiger partial charge in [0.25, 0.3) is 0 Å². The minimum Gasteiger partial charge on any atom is -0.377 e. The highest BCUT2D eigenvalue weighted by atomic mass is 16.5. The molecule has 1 aliphatic rings. The molecular formula is C18H25N5O2. The first-order valence-corrected chi connectivity index (χ1v) is 8.52. The minimum absolute atomic E-state index is 0.0780. The Balaban J connectivity index is 1.65. The highest BCUT2D eigenvalue weighted by Gasteiger charge is 2.28. The number of amides is 2. The van der Waals surface area contributed by atoms with Crippen LogP contribution in [-0.4, -0.2) is 66.0 Å². The Morgan fingerprint density at radius 1 is 1.32 bits per heavy atom. The molecule has 25 heavy (non-hydrogen) atoms. The third-order valence-electron chi connectivity index (χ3n) is 4.23. The van der Waals surface area contributed by atoms with Gasteiger partial charge in [-0.1, -0.05) is 30.3 Å². The number of nitrogens with one attached hydrogen (secondary N) is 1. The Bertz CT molecular complexity index is 686. The lowest BCUT2D eigenvalue weighted by Gasteiger charge is -2.35. The Morgan fingerprint density at radius 3 is 2.88 bits per heavy atom. The predicted molar refractivity (Wildman–Crippen MR) is 96.5 cm³/mol. The van der Waals surface area contributed by atoms with Crippen LogP contribution in [0.3, 0.4) is 0 Å². The maximum absolute atomic E-state index is 12.7. The minimum atomic E-state index is -0.144. The fourth-order valence-electron chi connectivity index (χ4n) is 2.83. The molecule has 3 rings (SSSR count). The van der Waals surface area contributed by atoms with E-state index in [0.717, 1.165) is 18.7 Å². The first-order valence-electron chi connectivity index (χ1n) is 8.52. The summed E-state index contributed by atoms with van der Waals surface area (Å²) in [6.45, 7) is 3.30. The van der Waals surface area contributed by atoms with Crippen LogP contribution >= 0.6 is 0 Å². The molecule has 0 radical (unpaired) electrons. The Morgan fingerprint density at radius 2 is 2.12 bits per heavy atom. The van der Waals surface area contributed by atoms with Crippen molar-refractivity contribution in [3.63, 3.8) is 0 Å². The monoisotopic (exact) mass is 343 g/mol. The van der Waals surface area contributed by atoms with Gasteiger partial charge in [0.15, 0.2) is 5.82 Å². The van der Waals surface area contributed by atoms with Crippen LogP contribution in [0.4, 0.5) is 10.6 Å². The van der Waals surface area contributed by atoms with Crippen LogP contribution < -0.4 is 5.32 Å². The van der Waals surface area contributed by atoms with Crippen molar-refractivity contribution in [1.82, 2.24) is 19.6 Å². The lowest BCUT2D eigenvalue weighted by Crippen LogP contribution is -2.45. The molecule has 0 aliphatic carbocycles. The van der Waals surface area contributed by atoms with E-state index >= 15 is 0 Å². The molecule has 2 aromatic rings. The van der Waals surface area contributed by atoms with E-state index in [-0.39, 0.29) is 12.1 Å². The summed E-state index contributed by atoms with van der Waals surface area (Å²) in [6.07, 6.45) is 1.88. The highest BCUT2D eigenvalue weighted by molar-refractivity contribution is 5.88. The molecule has 1 fully saturated rings. The summed E-state index contributed by atoms with van der Waals surface area (Å²) in [5.41, 5.74) is 1.08. The van der Waals surface area contributed by atoms with Crippen LogP contribution in [-0.2, 0) is 11.3 Å². The van der Waals surface area contributed by atoms with Crippen molar-refractivity contribution >= 4 is 11.8 Å². The maximum Gasteiger partial charge on any atom is 0.323 e. The van der Waals surface area contributed by atoms with Gasteiger partial charge in [-0.25, -0.2) is 4.79 Å². The van der Waals surface area contributed by atoms with Crippen LogP contribution in [0.5, 0.6) is 0 Å². The number of nitrogens with zero attached hydrogens (tertiary/aromatic N) is 4. The Kier molecular flexibility index (Phi) is 5.67. The van der Waals surface area contributed by atoms with E-state index < -0.39 is 0 Å². The van der Waals surface area contributed by atoms with Crippen molar-refractivity contribution in [2.75, 3.05) is 45.7 Å². The van der Waals surface area contributed by atoms with Crippen molar-refractivity contribution in [2.24, 2.45) is 0 Å². The van der Waals surface area contributed by atoms with Crippen LogP contribution in [0.1, 0.15) is 11.6 Å². The molecular weight excluding hydrogens is 318 g/mol. The number of hydrogen-bond donors (Lipinski definition) is 1. The van der Waals surface area contributed by atoms with Gasteiger partial charge >= 0.3 is 6.03 Å². The first-order chi connectivity index (χ1) is 12.1. The Hall–Kier alpha value is -2.38. The zero-order chi connectivity index (χ0) is 17.6. The van der Waals surface area contributed by atoms with Crippen LogP contribution in [0.15, 0.2) is 42.6 Å². The number of ether oxygens (including phenoxy) is 1. The van der Waals surface area contributed by atoms with Crippen molar-refractivity contribution in [1.29, 1.82) is 0 Å². The number of carbonyl (C=O) groups excluding carboxylic acids is 1. The molecule has 1 aromatic carbocycles. The molecule has 2 heterocycles. The lowest BCUT2D eigenvalue weighted by atomic mass is 10.1. The molecule has 0 spiro atoms. The van der Waals surface area contributed by atoms with Gasteiger partial charge in [0.2, 0.25) is 0 Å². The maximum atomic E-state index is 12.7. The molecule has 1 aromatic heterocycles. The molecule has 2 amide bonds. The van der Waals surface area contributed by atoms with Gasteiger partial charge < -0.3 is 14.5 Å². The molecule has 1 N–H and O–H groups in total. The van der Waals surface area contributed by atoms with Gasteiger partial charge in [0, 0.05) is 25.4 Å². The van der Waals surface area contributed by atoms with E-state index in [4.69, 9.17) is 4.74 Å². The second-order valence-corrected chi connectivity index (χ2v) is 6.39. The first kappa shape index (κ1) is 17.4. The summed E-state index contributed by atoms with van der Waals surface area (Å²) < 4.78 is 7.42. The molecule has 0 saturated carbocycles. The van der Waals surface area contributed by atoms with Gasteiger partial charge in [0.05, 0.1) is 25.8 Å². The quantitative estimate of drug-likeness (QED) is 0.903. The number of aromatic nitrogens is 2. The highest BCUT2D eigenvalue weighted by Crippen LogP contribution is 2.24. The van der Waals surface area contributed by atoms with Crippen LogP contribution in [0, 0.1) is 0 Å². The van der Waals surface area contributed by atoms with Gasteiger partial charge in [-0.3, -0.25) is 10.00 Å². The zero-order valence-corrected chi connectivity index (χ0v) is 14.8. The lowest BCUT2D eigenvalue weighted by molar-refractivity contribution is 0.0147. The van der Waals surface area contributed by atoms with Crippen molar-refractivity contribution in [3.8, 4) is 0 Å². The summed E-state index contributed by atoms with van der Waals surface area (Å²) in [4.78, 5) is 16.6. The van der Waals surface area contributed by atoms with E-state index in [1.165, 1.54) is 0 Å². The molecule has 1 atom stereocenters.